The van der Waals surface area contributed by atoms with Gasteiger partial charge in [-0.3, -0.25) is 9.52 Å². The number of carboxylic acids is 1. The monoisotopic (exact) mass is 352 g/mol. The first-order chi connectivity index (χ1) is 9.83. The molecule has 1 aromatic rings. The average molecular weight is 353 g/mol. The second kappa shape index (κ2) is 6.39. The second-order valence-corrected chi connectivity index (χ2v) is 7.10. The van der Waals surface area contributed by atoms with E-state index >= 15 is 0 Å². The fourth-order valence-corrected chi connectivity index (χ4v) is 4.32. The molecule has 0 radical (unpaired) electrons. The molecule has 9 heteroatoms. The fraction of sp³-hybridized carbons (Fsp3) is 0.417. The zero-order chi connectivity index (χ0) is 15.6. The summed E-state index contributed by atoms with van der Waals surface area (Å²) in [5.74, 6) is -1.16. The molecule has 1 aliphatic heterocycles. The van der Waals surface area contributed by atoms with E-state index in [1.165, 1.54) is 12.1 Å². The van der Waals surface area contributed by atoms with E-state index in [0.29, 0.717) is 12.8 Å². The van der Waals surface area contributed by atoms with Crippen molar-refractivity contribution in [2.75, 3.05) is 11.3 Å². The molecule has 1 fully saturated rings. The number of nitrogens with zero attached hydrogens (tertiary/aromatic N) is 1. The summed E-state index contributed by atoms with van der Waals surface area (Å²) >= 11 is 11.9. The third-order valence-electron chi connectivity index (χ3n) is 3.24. The summed E-state index contributed by atoms with van der Waals surface area (Å²) in [5.41, 5.74) is 0.0514. The van der Waals surface area contributed by atoms with Gasteiger partial charge < -0.3 is 5.11 Å². The van der Waals surface area contributed by atoms with Gasteiger partial charge in [0.05, 0.1) is 15.7 Å². The molecular weight excluding hydrogens is 339 g/mol. The number of aliphatic carboxylic acids is 1. The van der Waals surface area contributed by atoms with Crippen molar-refractivity contribution in [3.05, 3.63) is 28.2 Å². The van der Waals surface area contributed by atoms with E-state index in [1.807, 2.05) is 0 Å². The Kier molecular flexibility index (Phi) is 4.98. The highest BCUT2D eigenvalue weighted by atomic mass is 35.5. The molecular formula is C12H14Cl2N2O4S. The van der Waals surface area contributed by atoms with Crippen LogP contribution < -0.4 is 4.72 Å². The van der Waals surface area contributed by atoms with Gasteiger partial charge in [-0.15, -0.1) is 0 Å². The summed E-state index contributed by atoms with van der Waals surface area (Å²) in [4.78, 5) is 11.2. The first-order valence-electron chi connectivity index (χ1n) is 6.29. The van der Waals surface area contributed by atoms with Crippen LogP contribution in [-0.4, -0.2) is 36.4 Å². The summed E-state index contributed by atoms with van der Waals surface area (Å²) in [5, 5.41) is 9.46. The van der Waals surface area contributed by atoms with Crippen molar-refractivity contribution in [3.8, 4) is 0 Å². The molecule has 116 valence electrons. The van der Waals surface area contributed by atoms with Crippen LogP contribution in [0.3, 0.4) is 0 Å². The molecule has 0 aliphatic carbocycles. The Morgan fingerprint density at radius 3 is 2.48 bits per heavy atom. The van der Waals surface area contributed by atoms with Gasteiger partial charge in [0.25, 0.3) is 0 Å². The Bertz CT molecular complexity index is 630. The predicted molar refractivity (Wildman–Crippen MR) is 81.0 cm³/mol. The number of piperidine rings is 1. The summed E-state index contributed by atoms with van der Waals surface area (Å²) in [6.45, 7) is 0.147. The molecule has 2 N–H and O–H groups in total. The zero-order valence-electron chi connectivity index (χ0n) is 10.9. The lowest BCUT2D eigenvalue weighted by molar-refractivity contribution is -0.142. The SMILES string of the molecule is O=C(O)C1CCCCN1S(=O)(=O)Nc1c(Cl)cccc1Cl. The maximum Gasteiger partial charge on any atom is 0.322 e. The standard InChI is InChI=1S/C12H14Cl2N2O4S/c13-8-4-3-5-9(14)11(8)15-21(19,20)16-7-2-1-6-10(16)12(17)18/h3-5,10,15H,1-2,6-7H2,(H,17,18). The van der Waals surface area contributed by atoms with E-state index in [0.717, 1.165) is 4.31 Å². The molecule has 1 aromatic carbocycles. The van der Waals surface area contributed by atoms with Crippen LogP contribution in [-0.2, 0) is 15.0 Å². The molecule has 1 heterocycles. The molecule has 6 nitrogen and oxygen atoms in total. The largest absolute Gasteiger partial charge is 0.480 e. The number of carboxylic acid groups (broad SMARTS) is 1. The first kappa shape index (κ1) is 16.4. The Morgan fingerprint density at radius 1 is 1.29 bits per heavy atom. The average Bonchev–Trinajstić information content (AvgIpc) is 2.43. The van der Waals surface area contributed by atoms with Crippen molar-refractivity contribution in [2.45, 2.75) is 25.3 Å². The molecule has 0 spiro atoms. The molecule has 0 saturated carbocycles. The van der Waals surface area contributed by atoms with Gasteiger partial charge in [-0.05, 0) is 31.4 Å². The molecule has 2 rings (SSSR count). The van der Waals surface area contributed by atoms with Gasteiger partial charge >= 0.3 is 16.2 Å². The Hall–Kier alpha value is -1.02. The highest BCUT2D eigenvalue weighted by Crippen LogP contribution is 2.32. The molecule has 21 heavy (non-hydrogen) atoms. The van der Waals surface area contributed by atoms with Crippen LogP contribution in [0, 0.1) is 0 Å². The normalized spacial score (nSPS) is 20.2. The Labute approximate surface area is 132 Å². The highest BCUT2D eigenvalue weighted by molar-refractivity contribution is 7.90. The molecule has 0 amide bonds. The Morgan fingerprint density at radius 2 is 1.90 bits per heavy atom. The number of benzene rings is 1. The number of nitrogens with one attached hydrogen (secondary N) is 1. The van der Waals surface area contributed by atoms with Crippen LogP contribution in [0.1, 0.15) is 19.3 Å². The van der Waals surface area contributed by atoms with E-state index in [2.05, 4.69) is 4.72 Å². The van der Waals surface area contributed by atoms with E-state index < -0.39 is 22.2 Å². The zero-order valence-corrected chi connectivity index (χ0v) is 13.2. The molecule has 1 atom stereocenters. The minimum atomic E-state index is -4.04. The van der Waals surface area contributed by atoms with Gasteiger partial charge in [0.15, 0.2) is 0 Å². The molecule has 0 bridgehead atoms. The van der Waals surface area contributed by atoms with Gasteiger partial charge in [-0.2, -0.15) is 12.7 Å². The van der Waals surface area contributed by atoms with E-state index in [4.69, 9.17) is 28.3 Å². The highest BCUT2D eigenvalue weighted by Gasteiger charge is 2.37. The minimum absolute atomic E-state index is 0.0514. The number of hydrogen-bond donors (Lipinski definition) is 2. The van der Waals surface area contributed by atoms with E-state index in [1.54, 1.807) is 6.07 Å². The van der Waals surface area contributed by atoms with Crippen molar-refractivity contribution in [1.82, 2.24) is 4.31 Å². The van der Waals surface area contributed by atoms with Crippen LogP contribution in [0.4, 0.5) is 5.69 Å². The fourth-order valence-electron chi connectivity index (χ4n) is 2.22. The van der Waals surface area contributed by atoms with E-state index in [-0.39, 0.29) is 28.7 Å². The Balaban J connectivity index is 2.31. The van der Waals surface area contributed by atoms with Crippen molar-refractivity contribution >= 4 is 45.1 Å². The van der Waals surface area contributed by atoms with Gasteiger partial charge in [0, 0.05) is 6.54 Å². The third kappa shape index (κ3) is 3.60. The summed E-state index contributed by atoms with van der Waals surface area (Å²) < 4.78 is 28.0. The maximum absolute atomic E-state index is 12.4. The molecule has 1 aliphatic rings. The predicted octanol–water partition coefficient (Wildman–Crippen LogP) is 2.59. The van der Waals surface area contributed by atoms with Crippen LogP contribution in [0.15, 0.2) is 18.2 Å². The van der Waals surface area contributed by atoms with Gasteiger partial charge in [-0.25, -0.2) is 0 Å². The van der Waals surface area contributed by atoms with Gasteiger partial charge in [0.2, 0.25) is 0 Å². The third-order valence-corrected chi connectivity index (χ3v) is 5.39. The van der Waals surface area contributed by atoms with Crippen LogP contribution in [0.5, 0.6) is 0 Å². The minimum Gasteiger partial charge on any atom is -0.480 e. The van der Waals surface area contributed by atoms with Crippen molar-refractivity contribution < 1.29 is 18.3 Å². The van der Waals surface area contributed by atoms with Gasteiger partial charge in [0.1, 0.15) is 6.04 Å². The molecule has 1 unspecified atom stereocenters. The van der Waals surface area contributed by atoms with Crippen molar-refractivity contribution in [3.63, 3.8) is 0 Å². The molecule has 0 aromatic heterocycles. The number of para-hydroxylation sites is 1. The quantitative estimate of drug-likeness (QED) is 0.871. The van der Waals surface area contributed by atoms with Crippen molar-refractivity contribution in [2.24, 2.45) is 0 Å². The number of carbonyl (C=O) groups is 1. The summed E-state index contributed by atoms with van der Waals surface area (Å²) in [6, 6.07) is 3.51. The van der Waals surface area contributed by atoms with Gasteiger partial charge in [-0.1, -0.05) is 29.3 Å². The number of rotatable bonds is 4. The van der Waals surface area contributed by atoms with E-state index in [9.17, 15) is 13.2 Å². The summed E-state index contributed by atoms with van der Waals surface area (Å²) in [6.07, 6.45) is 1.57. The van der Waals surface area contributed by atoms with Crippen molar-refractivity contribution in [1.29, 1.82) is 0 Å². The molecule has 1 saturated heterocycles. The van der Waals surface area contributed by atoms with Crippen LogP contribution in [0.25, 0.3) is 0 Å². The number of anilines is 1. The lowest BCUT2D eigenvalue weighted by Gasteiger charge is -2.32. The number of halogens is 2. The lowest BCUT2D eigenvalue weighted by Crippen LogP contribution is -2.50. The first-order valence-corrected chi connectivity index (χ1v) is 8.49. The van der Waals surface area contributed by atoms with Crippen LogP contribution in [0.2, 0.25) is 10.0 Å². The summed E-state index contributed by atoms with van der Waals surface area (Å²) in [7, 11) is -4.04. The smallest absolute Gasteiger partial charge is 0.322 e. The number of hydrogen-bond acceptors (Lipinski definition) is 3. The maximum atomic E-state index is 12.4. The topological polar surface area (TPSA) is 86.7 Å². The second-order valence-electron chi connectivity index (χ2n) is 4.66. The van der Waals surface area contributed by atoms with Crippen LogP contribution >= 0.6 is 23.2 Å². The lowest BCUT2D eigenvalue weighted by atomic mass is 10.1.